The highest BCUT2D eigenvalue weighted by Gasteiger charge is 2.19. The number of hydrogen-bond acceptors (Lipinski definition) is 6. The molecule has 0 unspecified atom stereocenters. The van der Waals surface area contributed by atoms with Crippen molar-refractivity contribution in [2.45, 2.75) is 18.9 Å². The second-order valence-corrected chi connectivity index (χ2v) is 6.90. The third-order valence-electron chi connectivity index (χ3n) is 5.11. The number of piperidine rings is 1. The van der Waals surface area contributed by atoms with E-state index in [0.717, 1.165) is 31.7 Å². The van der Waals surface area contributed by atoms with Gasteiger partial charge in [-0.1, -0.05) is 0 Å². The zero-order chi connectivity index (χ0) is 18.9. The molecule has 8 nitrogen and oxygen atoms in total. The van der Waals surface area contributed by atoms with Crippen molar-refractivity contribution in [1.29, 1.82) is 0 Å². The number of anilines is 1. The summed E-state index contributed by atoms with van der Waals surface area (Å²) in [5, 5.41) is 29.7. The standard InChI is InChI=1S/C19H19FN8.ClH/c20-15-7-13(19-14(10-24-28-19)18(15)11-8-22-23-9-11)16-1-2-17(27-26-16)25-12-3-5-21-6-4-12;/h1-2,7-10,12,21H,3-6H2,(H,22,23)(H,24,28)(H,25,27);1H. The molecule has 1 saturated heterocycles. The van der Waals surface area contributed by atoms with Gasteiger partial charge in [-0.15, -0.1) is 22.6 Å². The van der Waals surface area contributed by atoms with Gasteiger partial charge in [0.1, 0.15) is 11.6 Å². The first kappa shape index (κ1) is 19.3. The number of hydrogen-bond donors (Lipinski definition) is 4. The molecule has 0 bridgehead atoms. The number of fused-ring (bicyclic) bond motifs is 1. The first-order chi connectivity index (χ1) is 13.8. The summed E-state index contributed by atoms with van der Waals surface area (Å²) in [6.45, 7) is 2.01. The summed E-state index contributed by atoms with van der Waals surface area (Å²) >= 11 is 0. The van der Waals surface area contributed by atoms with Gasteiger partial charge in [0.15, 0.2) is 0 Å². The summed E-state index contributed by atoms with van der Waals surface area (Å²) in [6.07, 6.45) is 6.97. The van der Waals surface area contributed by atoms with E-state index >= 15 is 0 Å². The molecule has 1 aromatic carbocycles. The molecule has 4 aromatic rings. The van der Waals surface area contributed by atoms with Gasteiger partial charge in [-0.2, -0.15) is 10.2 Å². The number of nitrogens with one attached hydrogen (secondary N) is 4. The number of H-pyrrole nitrogens is 2. The van der Waals surface area contributed by atoms with Crippen molar-refractivity contribution in [1.82, 2.24) is 35.9 Å². The Kier molecular flexibility index (Phi) is 5.41. The highest BCUT2D eigenvalue weighted by atomic mass is 35.5. The summed E-state index contributed by atoms with van der Waals surface area (Å²) in [6, 6.07) is 5.59. The van der Waals surface area contributed by atoms with Crippen molar-refractivity contribution < 1.29 is 4.39 Å². The fourth-order valence-corrected chi connectivity index (χ4v) is 3.69. The second kappa shape index (κ2) is 8.14. The SMILES string of the molecule is Cl.Fc1cc(-c2ccc(NC3CCNCC3)nn2)c2[nH]ncc2c1-c1cn[nH]c1. The number of rotatable bonds is 4. The molecular weight excluding hydrogens is 395 g/mol. The van der Waals surface area contributed by atoms with E-state index in [4.69, 9.17) is 0 Å². The third-order valence-corrected chi connectivity index (χ3v) is 5.11. The van der Waals surface area contributed by atoms with Gasteiger partial charge in [-0.25, -0.2) is 4.39 Å². The van der Waals surface area contributed by atoms with Crippen molar-refractivity contribution in [3.63, 3.8) is 0 Å². The van der Waals surface area contributed by atoms with Gasteiger partial charge in [-0.05, 0) is 44.1 Å². The Bertz CT molecular complexity index is 1090. The van der Waals surface area contributed by atoms with Crippen LogP contribution in [0.2, 0.25) is 0 Å². The van der Waals surface area contributed by atoms with E-state index in [1.807, 2.05) is 12.1 Å². The summed E-state index contributed by atoms with van der Waals surface area (Å²) in [4.78, 5) is 0. The first-order valence-corrected chi connectivity index (χ1v) is 9.25. The Labute approximate surface area is 172 Å². The average Bonchev–Trinajstić information content (AvgIpc) is 3.41. The first-order valence-electron chi connectivity index (χ1n) is 9.25. The maximum atomic E-state index is 14.9. The monoisotopic (exact) mass is 414 g/mol. The third kappa shape index (κ3) is 3.66. The molecule has 1 aliphatic rings. The van der Waals surface area contributed by atoms with Gasteiger partial charge in [0.2, 0.25) is 0 Å². The molecule has 0 spiro atoms. The molecule has 3 aromatic heterocycles. The Balaban J connectivity index is 0.00000205. The molecule has 0 aliphatic carbocycles. The van der Waals surface area contributed by atoms with Crippen LogP contribution < -0.4 is 10.6 Å². The highest BCUT2D eigenvalue weighted by molar-refractivity contribution is 6.02. The van der Waals surface area contributed by atoms with E-state index in [0.29, 0.717) is 39.3 Å². The molecule has 1 aliphatic heterocycles. The topological polar surface area (TPSA) is 107 Å². The molecule has 0 atom stereocenters. The van der Waals surface area contributed by atoms with Crippen molar-refractivity contribution in [3.05, 3.63) is 42.6 Å². The van der Waals surface area contributed by atoms with Crippen LogP contribution in [0, 0.1) is 5.82 Å². The Morgan fingerprint density at radius 3 is 2.66 bits per heavy atom. The lowest BCUT2D eigenvalue weighted by Crippen LogP contribution is -2.35. The minimum atomic E-state index is -0.357. The normalized spacial score (nSPS) is 14.7. The summed E-state index contributed by atoms with van der Waals surface area (Å²) in [5.74, 6) is 0.371. The average molecular weight is 415 g/mol. The molecule has 29 heavy (non-hydrogen) atoms. The summed E-state index contributed by atoms with van der Waals surface area (Å²) in [7, 11) is 0. The van der Waals surface area contributed by atoms with Gasteiger partial charge < -0.3 is 10.6 Å². The van der Waals surface area contributed by atoms with E-state index in [1.54, 1.807) is 18.6 Å². The molecule has 0 amide bonds. The Morgan fingerprint density at radius 1 is 1.07 bits per heavy atom. The molecule has 0 radical (unpaired) electrons. The van der Waals surface area contributed by atoms with Crippen LogP contribution in [0.5, 0.6) is 0 Å². The van der Waals surface area contributed by atoms with Crippen LogP contribution in [0.25, 0.3) is 33.3 Å². The van der Waals surface area contributed by atoms with E-state index in [1.165, 1.54) is 6.07 Å². The van der Waals surface area contributed by atoms with Gasteiger partial charge >= 0.3 is 0 Å². The van der Waals surface area contributed by atoms with Crippen molar-refractivity contribution in [2.24, 2.45) is 0 Å². The maximum Gasteiger partial charge on any atom is 0.148 e. The minimum Gasteiger partial charge on any atom is -0.366 e. The zero-order valence-electron chi connectivity index (χ0n) is 15.4. The molecule has 10 heteroatoms. The molecule has 1 fully saturated rings. The van der Waals surface area contributed by atoms with Crippen LogP contribution >= 0.6 is 12.4 Å². The van der Waals surface area contributed by atoms with Crippen molar-refractivity contribution >= 4 is 29.1 Å². The number of halogens is 2. The molecule has 150 valence electrons. The lowest BCUT2D eigenvalue weighted by molar-refractivity contribution is 0.478. The van der Waals surface area contributed by atoms with Crippen molar-refractivity contribution in [2.75, 3.05) is 18.4 Å². The maximum absolute atomic E-state index is 14.9. The predicted octanol–water partition coefficient (Wildman–Crippen LogP) is 3.13. The lowest BCUT2D eigenvalue weighted by atomic mass is 9.99. The predicted molar refractivity (Wildman–Crippen MR) is 111 cm³/mol. The van der Waals surface area contributed by atoms with Crippen LogP contribution in [0.1, 0.15) is 12.8 Å². The summed E-state index contributed by atoms with van der Waals surface area (Å²) < 4.78 is 14.9. The van der Waals surface area contributed by atoms with E-state index < -0.39 is 0 Å². The Morgan fingerprint density at radius 2 is 1.93 bits per heavy atom. The minimum absolute atomic E-state index is 0. The number of nitrogens with zero attached hydrogens (tertiary/aromatic N) is 4. The number of benzene rings is 1. The zero-order valence-corrected chi connectivity index (χ0v) is 16.3. The lowest BCUT2D eigenvalue weighted by Gasteiger charge is -2.23. The van der Waals surface area contributed by atoms with Gasteiger partial charge in [0, 0.05) is 34.3 Å². The Hall–Kier alpha value is -3.04. The van der Waals surface area contributed by atoms with E-state index in [2.05, 4.69) is 41.2 Å². The van der Waals surface area contributed by atoms with E-state index in [-0.39, 0.29) is 18.2 Å². The molecular formula is C19H20ClFN8. The largest absolute Gasteiger partial charge is 0.366 e. The second-order valence-electron chi connectivity index (χ2n) is 6.90. The van der Waals surface area contributed by atoms with E-state index in [9.17, 15) is 4.39 Å². The fourth-order valence-electron chi connectivity index (χ4n) is 3.69. The van der Waals surface area contributed by atoms with Gasteiger partial charge in [0.25, 0.3) is 0 Å². The van der Waals surface area contributed by atoms with Crippen LogP contribution in [0.15, 0.2) is 36.8 Å². The molecule has 0 saturated carbocycles. The van der Waals surface area contributed by atoms with Crippen LogP contribution in [0.4, 0.5) is 10.2 Å². The number of aromatic nitrogens is 6. The van der Waals surface area contributed by atoms with Gasteiger partial charge in [-0.3, -0.25) is 10.2 Å². The quantitative estimate of drug-likeness (QED) is 0.408. The molecule has 5 rings (SSSR count). The van der Waals surface area contributed by atoms with Crippen LogP contribution in [-0.4, -0.2) is 49.7 Å². The summed E-state index contributed by atoms with van der Waals surface area (Å²) in [5.41, 5.74) is 3.05. The smallest absolute Gasteiger partial charge is 0.148 e. The van der Waals surface area contributed by atoms with Crippen molar-refractivity contribution in [3.8, 4) is 22.4 Å². The highest BCUT2D eigenvalue weighted by Crippen LogP contribution is 2.35. The number of aromatic amines is 2. The molecule has 4 N–H and O–H groups in total. The van der Waals surface area contributed by atoms with Crippen LogP contribution in [0.3, 0.4) is 0 Å². The fraction of sp³-hybridized carbons (Fsp3) is 0.263. The van der Waals surface area contributed by atoms with Gasteiger partial charge in [0.05, 0.1) is 23.6 Å². The van der Waals surface area contributed by atoms with Crippen LogP contribution in [-0.2, 0) is 0 Å². The molecule has 4 heterocycles.